The Morgan fingerprint density at radius 2 is 1.41 bits per heavy atom. The Hall–Kier alpha value is -1.06. The lowest BCUT2D eigenvalue weighted by Crippen LogP contribution is -2.14. The number of esters is 1. The molecule has 0 aliphatic carbocycles. The first-order valence-corrected chi connectivity index (χ1v) is 8.97. The molecule has 0 amide bonds. The van der Waals surface area contributed by atoms with Crippen molar-refractivity contribution in [2.45, 2.75) is 103 Å². The summed E-state index contributed by atoms with van der Waals surface area (Å²) in [6.07, 6.45) is 12.4. The molecular formula is C18H34O4. The van der Waals surface area contributed by atoms with E-state index in [4.69, 9.17) is 9.84 Å². The molecule has 0 heterocycles. The lowest BCUT2D eigenvalue weighted by Gasteiger charge is -2.13. The monoisotopic (exact) mass is 314 g/mol. The Balaban J connectivity index is 3.38. The molecule has 1 unspecified atom stereocenters. The van der Waals surface area contributed by atoms with Gasteiger partial charge in [0.1, 0.15) is 0 Å². The van der Waals surface area contributed by atoms with Crippen molar-refractivity contribution in [2.75, 3.05) is 0 Å². The maximum Gasteiger partial charge on any atom is 0.306 e. The fourth-order valence-corrected chi connectivity index (χ4v) is 2.45. The van der Waals surface area contributed by atoms with E-state index in [9.17, 15) is 9.59 Å². The Morgan fingerprint density at radius 1 is 0.864 bits per heavy atom. The molecule has 22 heavy (non-hydrogen) atoms. The van der Waals surface area contributed by atoms with Crippen LogP contribution in [0.25, 0.3) is 0 Å². The maximum absolute atomic E-state index is 11.6. The highest BCUT2D eigenvalue weighted by atomic mass is 16.5. The van der Waals surface area contributed by atoms with Gasteiger partial charge in [0.25, 0.3) is 0 Å². The number of carbonyl (C=O) groups is 2. The summed E-state index contributed by atoms with van der Waals surface area (Å²) < 4.78 is 5.40. The van der Waals surface area contributed by atoms with Crippen molar-refractivity contribution in [3.8, 4) is 0 Å². The molecule has 0 aliphatic rings. The molecule has 0 aromatic heterocycles. The Kier molecular flexibility index (Phi) is 14.1. The highest BCUT2D eigenvalue weighted by molar-refractivity contribution is 5.69. The minimum Gasteiger partial charge on any atom is -0.481 e. The van der Waals surface area contributed by atoms with Crippen LogP contribution in [0, 0.1) is 0 Å². The molecule has 0 fully saturated rings. The van der Waals surface area contributed by atoms with Gasteiger partial charge in [0, 0.05) is 12.8 Å². The van der Waals surface area contributed by atoms with Gasteiger partial charge in [0.15, 0.2) is 0 Å². The SMILES string of the molecule is CCCCCCCC(=O)OC(C)CCCCCCCC(=O)O. The number of unbranched alkanes of at least 4 members (excludes halogenated alkanes) is 8. The lowest BCUT2D eigenvalue weighted by molar-refractivity contribution is -0.148. The van der Waals surface area contributed by atoms with Crippen LogP contribution in [-0.4, -0.2) is 23.1 Å². The van der Waals surface area contributed by atoms with Crippen LogP contribution in [-0.2, 0) is 14.3 Å². The third-order valence-electron chi connectivity index (χ3n) is 3.82. The number of hydrogen-bond acceptors (Lipinski definition) is 3. The number of rotatable bonds is 15. The van der Waals surface area contributed by atoms with Gasteiger partial charge in [-0.2, -0.15) is 0 Å². The summed E-state index contributed by atoms with van der Waals surface area (Å²) in [4.78, 5) is 22.0. The van der Waals surface area contributed by atoms with E-state index in [1.807, 2.05) is 6.92 Å². The zero-order valence-corrected chi connectivity index (χ0v) is 14.4. The molecule has 4 heteroatoms. The molecule has 4 nitrogen and oxygen atoms in total. The Bertz CT molecular complexity index is 289. The molecule has 0 aromatic carbocycles. The number of carbonyl (C=O) groups excluding carboxylic acids is 1. The molecule has 1 N–H and O–H groups in total. The van der Waals surface area contributed by atoms with Crippen molar-refractivity contribution in [1.82, 2.24) is 0 Å². The van der Waals surface area contributed by atoms with E-state index in [2.05, 4.69) is 6.92 Å². The molecule has 0 aromatic rings. The van der Waals surface area contributed by atoms with Gasteiger partial charge in [-0.15, -0.1) is 0 Å². The average molecular weight is 314 g/mol. The van der Waals surface area contributed by atoms with Gasteiger partial charge in [-0.05, 0) is 32.6 Å². The predicted molar refractivity (Wildman–Crippen MR) is 88.9 cm³/mol. The number of aliphatic carboxylic acids is 1. The summed E-state index contributed by atoms with van der Waals surface area (Å²) >= 11 is 0. The Morgan fingerprint density at radius 3 is 2.05 bits per heavy atom. The number of ether oxygens (including phenoxy) is 1. The van der Waals surface area contributed by atoms with Gasteiger partial charge in [-0.1, -0.05) is 51.9 Å². The van der Waals surface area contributed by atoms with Crippen molar-refractivity contribution in [3.63, 3.8) is 0 Å². The third-order valence-corrected chi connectivity index (χ3v) is 3.82. The summed E-state index contributed by atoms with van der Waals surface area (Å²) in [7, 11) is 0. The molecular weight excluding hydrogens is 280 g/mol. The van der Waals surface area contributed by atoms with Gasteiger partial charge in [-0.25, -0.2) is 0 Å². The fourth-order valence-electron chi connectivity index (χ4n) is 2.45. The third kappa shape index (κ3) is 15.3. The molecule has 0 saturated heterocycles. The number of hydrogen-bond donors (Lipinski definition) is 1. The average Bonchev–Trinajstić information content (AvgIpc) is 2.45. The smallest absolute Gasteiger partial charge is 0.306 e. The zero-order valence-electron chi connectivity index (χ0n) is 14.4. The zero-order chi connectivity index (χ0) is 16.6. The van der Waals surface area contributed by atoms with Crippen molar-refractivity contribution in [3.05, 3.63) is 0 Å². The molecule has 0 radical (unpaired) electrons. The number of carboxylic acids is 1. The summed E-state index contributed by atoms with van der Waals surface area (Å²) in [6, 6.07) is 0. The Labute approximate surface area is 135 Å². The predicted octanol–water partition coefficient (Wildman–Crippen LogP) is 5.09. The normalized spacial score (nSPS) is 12.1. The molecule has 0 bridgehead atoms. The summed E-state index contributed by atoms with van der Waals surface area (Å²) in [6.45, 7) is 4.14. The minimum absolute atomic E-state index is 0.00200. The highest BCUT2D eigenvalue weighted by Crippen LogP contribution is 2.12. The molecule has 0 aliphatic heterocycles. The van der Waals surface area contributed by atoms with Crippen LogP contribution in [0.3, 0.4) is 0 Å². The second-order valence-corrected chi connectivity index (χ2v) is 6.16. The van der Waals surface area contributed by atoms with E-state index < -0.39 is 5.97 Å². The summed E-state index contributed by atoms with van der Waals surface area (Å²) in [5.41, 5.74) is 0. The summed E-state index contributed by atoms with van der Waals surface area (Å²) in [5.74, 6) is -0.777. The van der Waals surface area contributed by atoms with E-state index in [-0.39, 0.29) is 18.5 Å². The van der Waals surface area contributed by atoms with Crippen LogP contribution in [0.15, 0.2) is 0 Å². The summed E-state index contributed by atoms with van der Waals surface area (Å²) in [5, 5.41) is 8.53. The first-order chi connectivity index (χ1) is 10.6. The topological polar surface area (TPSA) is 63.6 Å². The van der Waals surface area contributed by atoms with Gasteiger partial charge in [-0.3, -0.25) is 9.59 Å². The minimum atomic E-state index is -0.713. The van der Waals surface area contributed by atoms with Gasteiger partial charge in [0.05, 0.1) is 6.10 Å². The van der Waals surface area contributed by atoms with Crippen LogP contribution in [0.4, 0.5) is 0 Å². The van der Waals surface area contributed by atoms with Crippen molar-refractivity contribution >= 4 is 11.9 Å². The first kappa shape index (κ1) is 20.9. The van der Waals surface area contributed by atoms with Crippen molar-refractivity contribution < 1.29 is 19.4 Å². The number of carboxylic acid groups (broad SMARTS) is 1. The van der Waals surface area contributed by atoms with E-state index >= 15 is 0 Å². The second-order valence-electron chi connectivity index (χ2n) is 6.16. The largest absolute Gasteiger partial charge is 0.481 e. The molecule has 0 saturated carbocycles. The molecule has 0 rings (SSSR count). The van der Waals surface area contributed by atoms with Crippen molar-refractivity contribution in [1.29, 1.82) is 0 Å². The van der Waals surface area contributed by atoms with Crippen LogP contribution in [0.5, 0.6) is 0 Å². The standard InChI is InChI=1S/C18H34O4/c1-3-4-5-7-12-15-18(21)22-16(2)13-10-8-6-9-11-14-17(19)20/h16H,3-15H2,1-2H3,(H,19,20). The van der Waals surface area contributed by atoms with E-state index in [0.29, 0.717) is 6.42 Å². The van der Waals surface area contributed by atoms with Gasteiger partial charge < -0.3 is 9.84 Å². The first-order valence-electron chi connectivity index (χ1n) is 8.97. The van der Waals surface area contributed by atoms with E-state index in [0.717, 1.165) is 51.4 Å². The maximum atomic E-state index is 11.6. The quantitative estimate of drug-likeness (QED) is 0.337. The molecule has 1 atom stereocenters. The van der Waals surface area contributed by atoms with Crippen LogP contribution < -0.4 is 0 Å². The van der Waals surface area contributed by atoms with Crippen LogP contribution >= 0.6 is 0 Å². The highest BCUT2D eigenvalue weighted by Gasteiger charge is 2.09. The van der Waals surface area contributed by atoms with Crippen LogP contribution in [0.1, 0.15) is 97.3 Å². The lowest BCUT2D eigenvalue weighted by atomic mass is 10.1. The van der Waals surface area contributed by atoms with Crippen LogP contribution in [0.2, 0.25) is 0 Å². The van der Waals surface area contributed by atoms with Gasteiger partial charge in [0.2, 0.25) is 0 Å². The van der Waals surface area contributed by atoms with Gasteiger partial charge >= 0.3 is 11.9 Å². The van der Waals surface area contributed by atoms with E-state index in [1.165, 1.54) is 19.3 Å². The van der Waals surface area contributed by atoms with E-state index in [1.54, 1.807) is 0 Å². The van der Waals surface area contributed by atoms with Crippen molar-refractivity contribution in [2.24, 2.45) is 0 Å². The second kappa shape index (κ2) is 14.9. The molecule has 0 spiro atoms. The molecule has 130 valence electrons. The fraction of sp³-hybridized carbons (Fsp3) is 0.889.